The van der Waals surface area contributed by atoms with Gasteiger partial charge in [-0.3, -0.25) is 9.59 Å². The van der Waals surface area contributed by atoms with Gasteiger partial charge in [-0.05, 0) is 49.4 Å². The van der Waals surface area contributed by atoms with Crippen LogP contribution in [-0.4, -0.2) is 20.5 Å². The zero-order valence-electron chi connectivity index (χ0n) is 18.7. The zero-order chi connectivity index (χ0) is 24.4. The number of para-hydroxylation sites is 1. The number of nitrogens with one attached hydrogen (secondary N) is 1. The zero-order valence-corrected chi connectivity index (χ0v) is 20.3. The Kier molecular flexibility index (Phi) is 6.31. The van der Waals surface area contributed by atoms with Gasteiger partial charge in [0.15, 0.2) is 5.78 Å². The molecule has 172 valence electrons. The van der Waals surface area contributed by atoms with Gasteiger partial charge in [0.2, 0.25) is 0 Å². The summed E-state index contributed by atoms with van der Waals surface area (Å²) >= 11 is 7.13. The van der Waals surface area contributed by atoms with E-state index in [1.165, 1.54) is 17.4 Å². The summed E-state index contributed by atoms with van der Waals surface area (Å²) in [6.07, 6.45) is 5.15. The Hall–Kier alpha value is -4.00. The second-order valence-corrected chi connectivity index (χ2v) is 9.54. The van der Waals surface area contributed by atoms with Crippen LogP contribution in [0.4, 0.5) is 0 Å². The fraction of sp³-hybridized carbons (Fsp3) is 0.0357. The second-order valence-electron chi connectivity index (χ2n) is 8.02. The molecular weight excluding hydrogens is 478 g/mol. The van der Waals surface area contributed by atoms with Crippen molar-refractivity contribution in [2.75, 3.05) is 0 Å². The number of thiazole rings is 1. The average Bonchev–Trinajstić information content (AvgIpc) is 3.44. The maximum Gasteiger partial charge on any atom is 0.266 e. The molecule has 0 radical (unpaired) electrons. The molecule has 0 aliphatic rings. The van der Waals surface area contributed by atoms with E-state index >= 15 is 0 Å². The first-order valence-corrected chi connectivity index (χ1v) is 12.1. The molecule has 1 N–H and O–H groups in total. The van der Waals surface area contributed by atoms with Crippen LogP contribution in [0.25, 0.3) is 29.1 Å². The highest BCUT2D eigenvalue weighted by Crippen LogP contribution is 2.24. The molecule has 0 saturated heterocycles. The van der Waals surface area contributed by atoms with Crippen LogP contribution in [0.5, 0.6) is 0 Å². The summed E-state index contributed by atoms with van der Waals surface area (Å²) in [5.74, 6) is -0.206. The highest BCUT2D eigenvalue weighted by atomic mass is 35.5. The van der Waals surface area contributed by atoms with E-state index in [1.807, 2.05) is 73.8 Å². The molecule has 7 heteroatoms. The summed E-state index contributed by atoms with van der Waals surface area (Å²) in [5.41, 5.74) is 4.84. The van der Waals surface area contributed by atoms with Gasteiger partial charge in [0.1, 0.15) is 0 Å². The Bertz CT molecular complexity index is 1680. The molecule has 0 aliphatic carbocycles. The Morgan fingerprint density at radius 2 is 1.71 bits per heavy atom. The minimum Gasteiger partial charge on any atom is -0.313 e. The number of hydrogen-bond donors (Lipinski definition) is 1. The lowest BCUT2D eigenvalue weighted by Gasteiger charge is -2.01. The van der Waals surface area contributed by atoms with Crippen LogP contribution < -0.4 is 14.8 Å². The number of carbonyl (C=O) groups excluding carboxylic acids is 1. The molecule has 0 atom stereocenters. The molecule has 0 saturated carbocycles. The van der Waals surface area contributed by atoms with E-state index in [2.05, 4.69) is 4.98 Å². The maximum atomic E-state index is 12.7. The van der Waals surface area contributed by atoms with Gasteiger partial charge in [-0.25, -0.2) is 4.68 Å². The number of H-pyrrole nitrogens is 1. The number of rotatable bonds is 5. The third kappa shape index (κ3) is 5.09. The largest absolute Gasteiger partial charge is 0.313 e. The average molecular weight is 498 g/mol. The normalized spacial score (nSPS) is 12.3. The third-order valence-electron chi connectivity index (χ3n) is 5.45. The Labute approximate surface area is 210 Å². The molecular formula is C28H20ClN3O2S. The predicted octanol–water partition coefficient (Wildman–Crippen LogP) is 4.74. The smallest absolute Gasteiger partial charge is 0.266 e. The number of aromatic nitrogens is 3. The number of hydrogen-bond acceptors (Lipinski definition) is 4. The van der Waals surface area contributed by atoms with Crippen molar-refractivity contribution in [2.24, 2.45) is 0 Å². The van der Waals surface area contributed by atoms with E-state index < -0.39 is 0 Å². The van der Waals surface area contributed by atoms with Gasteiger partial charge < -0.3 is 4.98 Å². The monoisotopic (exact) mass is 497 g/mol. The van der Waals surface area contributed by atoms with Crippen molar-refractivity contribution in [3.63, 3.8) is 0 Å². The van der Waals surface area contributed by atoms with Crippen molar-refractivity contribution >= 4 is 40.9 Å². The van der Waals surface area contributed by atoms with Gasteiger partial charge in [0, 0.05) is 34.0 Å². The van der Waals surface area contributed by atoms with Gasteiger partial charge in [-0.2, -0.15) is 5.10 Å². The van der Waals surface area contributed by atoms with Crippen LogP contribution in [0.2, 0.25) is 5.02 Å². The van der Waals surface area contributed by atoms with Gasteiger partial charge >= 0.3 is 0 Å². The summed E-state index contributed by atoms with van der Waals surface area (Å²) in [6, 6.07) is 24.6. The standard InChI is InChI=1S/C28H20ClN3O2S/c1-18-7-9-20(10-8-18)27-21(17-32(31-27)23-5-3-2-4-6-23)15-25-28(34)30-26(35-25)16-24(33)19-11-13-22(29)14-12-19/h2-17H,1H3,(H,30,34)/b25-15-,26-16-. The summed E-state index contributed by atoms with van der Waals surface area (Å²) in [7, 11) is 0. The van der Waals surface area contributed by atoms with Gasteiger partial charge in [0.25, 0.3) is 5.56 Å². The molecule has 2 aromatic heterocycles. The lowest BCUT2D eigenvalue weighted by Crippen LogP contribution is -2.20. The predicted molar refractivity (Wildman–Crippen MR) is 142 cm³/mol. The molecule has 5 rings (SSSR count). The van der Waals surface area contributed by atoms with E-state index in [0.29, 0.717) is 19.8 Å². The molecule has 0 amide bonds. The highest BCUT2D eigenvalue weighted by molar-refractivity contribution is 7.07. The van der Waals surface area contributed by atoms with Crippen molar-refractivity contribution in [3.05, 3.63) is 126 Å². The third-order valence-corrected chi connectivity index (χ3v) is 6.66. The van der Waals surface area contributed by atoms with Crippen molar-refractivity contribution in [1.29, 1.82) is 0 Å². The minimum absolute atomic E-state index is 0.206. The molecule has 35 heavy (non-hydrogen) atoms. The van der Waals surface area contributed by atoms with E-state index in [1.54, 1.807) is 28.9 Å². The SMILES string of the molecule is Cc1ccc(-c2nn(-c3ccccc3)cc2/C=c2\s/c(=C\C(=O)c3ccc(Cl)cc3)[nH]c2=O)cc1. The first-order chi connectivity index (χ1) is 17.0. The highest BCUT2D eigenvalue weighted by Gasteiger charge is 2.12. The molecule has 0 unspecified atom stereocenters. The molecule has 0 fully saturated rings. The number of nitrogens with zero attached hydrogens (tertiary/aromatic N) is 2. The number of Topliss-reactive ketones (excluding diaryl/α,β-unsaturated/α-hetero) is 1. The molecule has 3 aromatic carbocycles. The fourth-order valence-electron chi connectivity index (χ4n) is 3.62. The van der Waals surface area contributed by atoms with Gasteiger partial charge in [0.05, 0.1) is 20.6 Å². The van der Waals surface area contributed by atoms with Crippen LogP contribution in [0.15, 0.2) is 89.9 Å². The topological polar surface area (TPSA) is 67.8 Å². The van der Waals surface area contributed by atoms with Crippen molar-refractivity contribution in [2.45, 2.75) is 6.92 Å². The molecule has 5 nitrogen and oxygen atoms in total. The number of aryl methyl sites for hydroxylation is 1. The molecule has 0 aliphatic heterocycles. The fourth-order valence-corrected chi connectivity index (χ4v) is 4.63. The molecule has 5 aromatic rings. The number of benzene rings is 3. The lowest BCUT2D eigenvalue weighted by molar-refractivity contribution is 0.106. The van der Waals surface area contributed by atoms with E-state index in [4.69, 9.17) is 16.7 Å². The molecule has 2 heterocycles. The first-order valence-electron chi connectivity index (χ1n) is 10.9. The van der Waals surface area contributed by atoms with Gasteiger partial charge in [-0.15, -0.1) is 11.3 Å². The summed E-state index contributed by atoms with van der Waals surface area (Å²) < 4.78 is 2.77. The Morgan fingerprint density at radius 1 is 1.00 bits per heavy atom. The Morgan fingerprint density at radius 3 is 2.43 bits per heavy atom. The molecule has 0 bridgehead atoms. The molecule has 0 spiro atoms. The quantitative estimate of drug-likeness (QED) is 0.356. The van der Waals surface area contributed by atoms with Crippen LogP contribution in [-0.2, 0) is 0 Å². The summed E-state index contributed by atoms with van der Waals surface area (Å²) in [4.78, 5) is 28.1. The van der Waals surface area contributed by atoms with Crippen LogP contribution in [0, 0.1) is 6.92 Å². The number of halogens is 1. The maximum absolute atomic E-state index is 12.7. The van der Waals surface area contributed by atoms with Crippen molar-refractivity contribution in [1.82, 2.24) is 14.8 Å². The Balaban J connectivity index is 1.59. The van der Waals surface area contributed by atoms with Crippen LogP contribution >= 0.6 is 22.9 Å². The first kappa shape index (κ1) is 22.8. The van der Waals surface area contributed by atoms with E-state index in [0.717, 1.165) is 28.1 Å². The van der Waals surface area contributed by atoms with Crippen LogP contribution in [0.1, 0.15) is 21.5 Å². The van der Waals surface area contributed by atoms with Crippen molar-refractivity contribution in [3.8, 4) is 16.9 Å². The van der Waals surface area contributed by atoms with Crippen LogP contribution in [0.3, 0.4) is 0 Å². The number of aromatic amines is 1. The van der Waals surface area contributed by atoms with Gasteiger partial charge in [-0.1, -0.05) is 59.6 Å². The van der Waals surface area contributed by atoms with E-state index in [-0.39, 0.29) is 11.3 Å². The number of carbonyl (C=O) groups is 1. The lowest BCUT2D eigenvalue weighted by atomic mass is 10.1. The minimum atomic E-state index is -0.257. The van der Waals surface area contributed by atoms with E-state index in [9.17, 15) is 9.59 Å². The summed E-state index contributed by atoms with van der Waals surface area (Å²) in [6.45, 7) is 2.04. The van der Waals surface area contributed by atoms with Crippen molar-refractivity contribution < 1.29 is 4.79 Å². The second kappa shape index (κ2) is 9.70. The number of ketones is 1. The summed E-state index contributed by atoms with van der Waals surface area (Å²) in [5, 5.41) is 5.37.